The molecule has 0 aliphatic rings. The van der Waals surface area contributed by atoms with Gasteiger partial charge in [0.05, 0.1) is 112 Å². The molecule has 0 fully saturated rings. The normalized spacial score (nSPS) is 12.3. The molecular formula is C78H114Na2O20. The van der Waals surface area contributed by atoms with Gasteiger partial charge in [0.1, 0.15) is 6.61 Å². The van der Waals surface area contributed by atoms with E-state index in [0.717, 1.165) is 35.1 Å². The third-order valence-corrected chi connectivity index (χ3v) is 16.1. The maximum atomic E-state index is 12.2. The molecule has 0 aliphatic heterocycles. The Labute approximate surface area is 642 Å². The summed E-state index contributed by atoms with van der Waals surface area (Å²) in [6, 6.07) is 22.6. The zero-order valence-corrected chi connectivity index (χ0v) is 67.2. The number of ether oxygens (including phenoxy) is 12. The predicted molar refractivity (Wildman–Crippen MR) is 387 cm³/mol. The number of aliphatic carboxylic acids is 2. The number of carboxylic acids is 2. The van der Waals surface area contributed by atoms with Crippen LogP contribution in [-0.4, -0.2) is 129 Å². The fourth-order valence-electron chi connectivity index (χ4n) is 8.92. The molecule has 100 heavy (non-hydrogen) atoms. The molecule has 20 nitrogen and oxygen atoms in total. The van der Waals surface area contributed by atoms with Crippen LogP contribution in [0.1, 0.15) is 171 Å². The Morgan fingerprint density at radius 2 is 0.700 bits per heavy atom. The van der Waals surface area contributed by atoms with Crippen molar-refractivity contribution < 1.29 is 158 Å². The van der Waals surface area contributed by atoms with Crippen LogP contribution in [0.3, 0.4) is 0 Å². The van der Waals surface area contributed by atoms with E-state index < -0.39 is 17.4 Å². The first-order chi connectivity index (χ1) is 46.9. The SMILES string of the molecule is CCC(C)(C)C(=O)OCC/C=C/c1ccc(OC)c(OC)c1.CCC(C)C(=O)OCC/C=C/c1ccc(OC)c(OC)c1.CCC(CCCC(C)C(=O)O)C(=O)OC/C=C/c1ccc(OC)c(OC)c1.CCC(CCCC(C)C(=O)O)C(=O)OCC/C=C/c1ccc(OC)c(OC)c1.[H-].[H-].[Na+].[Na+]. The second kappa shape index (κ2) is 55.7. The van der Waals surface area contributed by atoms with Crippen LogP contribution >= 0.6 is 0 Å². The summed E-state index contributed by atoms with van der Waals surface area (Å²) in [7, 11) is 12.8. The molecule has 0 aromatic heterocycles. The van der Waals surface area contributed by atoms with E-state index in [1.54, 1.807) is 76.8 Å². The van der Waals surface area contributed by atoms with Gasteiger partial charge in [0.15, 0.2) is 46.0 Å². The number of benzene rings is 4. The molecule has 0 amide bonds. The summed E-state index contributed by atoms with van der Waals surface area (Å²) in [4.78, 5) is 69.3. The Hall–Kier alpha value is -6.94. The largest absolute Gasteiger partial charge is 1.00 e. The van der Waals surface area contributed by atoms with E-state index in [-0.39, 0.29) is 122 Å². The van der Waals surface area contributed by atoms with Gasteiger partial charge in [-0.3, -0.25) is 28.8 Å². The Balaban J connectivity index is -0.000000624. The molecule has 4 rings (SSSR count). The van der Waals surface area contributed by atoms with Crippen LogP contribution in [0.2, 0.25) is 0 Å². The Morgan fingerprint density at radius 1 is 0.400 bits per heavy atom. The third kappa shape index (κ3) is 38.2. The van der Waals surface area contributed by atoms with E-state index in [9.17, 15) is 28.8 Å². The number of carbonyl (C=O) groups excluding carboxylic acids is 4. The van der Waals surface area contributed by atoms with Gasteiger partial charge in [-0.2, -0.15) is 0 Å². The predicted octanol–water partition coefficient (Wildman–Crippen LogP) is 10.8. The molecule has 0 spiro atoms. The van der Waals surface area contributed by atoms with E-state index in [2.05, 4.69) is 0 Å². The average Bonchev–Trinajstić information content (AvgIpc) is 0.891. The molecule has 4 aromatic carbocycles. The summed E-state index contributed by atoms with van der Waals surface area (Å²) in [5, 5.41) is 17.8. The van der Waals surface area contributed by atoms with Crippen LogP contribution in [0.5, 0.6) is 46.0 Å². The van der Waals surface area contributed by atoms with E-state index in [0.29, 0.717) is 136 Å². The molecule has 0 saturated heterocycles. The second-order valence-electron chi connectivity index (χ2n) is 23.6. The Morgan fingerprint density at radius 3 is 0.990 bits per heavy atom. The van der Waals surface area contributed by atoms with Gasteiger partial charge in [0.2, 0.25) is 0 Å². The van der Waals surface area contributed by atoms with E-state index in [1.165, 1.54) is 0 Å². The number of rotatable bonds is 41. The summed E-state index contributed by atoms with van der Waals surface area (Å²) < 4.78 is 63.0. The van der Waals surface area contributed by atoms with Gasteiger partial charge >= 0.3 is 94.9 Å². The summed E-state index contributed by atoms with van der Waals surface area (Å²) in [5.74, 6) is 1.97. The number of carbonyl (C=O) groups is 6. The molecule has 0 saturated carbocycles. The zero-order valence-electron chi connectivity index (χ0n) is 65.2. The molecule has 0 heterocycles. The first-order valence-electron chi connectivity index (χ1n) is 33.6. The van der Waals surface area contributed by atoms with Gasteiger partial charge in [-0.25, -0.2) is 0 Å². The van der Waals surface area contributed by atoms with Crippen LogP contribution in [-0.2, 0) is 47.7 Å². The smallest absolute Gasteiger partial charge is 1.00 e. The topological polar surface area (TPSA) is 254 Å². The fourth-order valence-corrected chi connectivity index (χ4v) is 8.92. The molecule has 5 atom stereocenters. The minimum absolute atomic E-state index is 0. The Kier molecular flexibility index (Phi) is 53.0. The van der Waals surface area contributed by atoms with Crippen molar-refractivity contribution in [2.24, 2.45) is 35.0 Å². The molecule has 5 unspecified atom stereocenters. The van der Waals surface area contributed by atoms with Gasteiger partial charge in [-0.05, 0) is 161 Å². The minimum Gasteiger partial charge on any atom is -1.00 e. The zero-order chi connectivity index (χ0) is 73.4. The van der Waals surface area contributed by atoms with E-state index in [1.807, 2.05) is 164 Å². The first kappa shape index (κ1) is 95.1. The molecule has 0 aliphatic carbocycles. The fraction of sp³-hybridized carbons (Fsp3) is 0.513. The second-order valence-corrected chi connectivity index (χ2v) is 23.6. The van der Waals surface area contributed by atoms with Crippen LogP contribution < -0.4 is 97.0 Å². The van der Waals surface area contributed by atoms with Crippen LogP contribution in [0.4, 0.5) is 0 Å². The minimum atomic E-state index is -0.800. The van der Waals surface area contributed by atoms with Crippen molar-refractivity contribution in [1.82, 2.24) is 0 Å². The summed E-state index contributed by atoms with van der Waals surface area (Å²) in [5.41, 5.74) is 3.51. The number of hydrogen-bond acceptors (Lipinski definition) is 18. The molecule has 548 valence electrons. The monoisotopic (exact) mass is 1420 g/mol. The van der Waals surface area contributed by atoms with Crippen molar-refractivity contribution in [3.63, 3.8) is 0 Å². The van der Waals surface area contributed by atoms with Gasteiger partial charge in [-0.15, -0.1) is 0 Å². The Bertz CT molecular complexity index is 3130. The maximum Gasteiger partial charge on any atom is 1.00 e. The molecule has 4 aromatic rings. The van der Waals surface area contributed by atoms with Crippen LogP contribution in [0, 0.1) is 35.0 Å². The quantitative estimate of drug-likeness (QED) is 0.0181. The maximum absolute atomic E-state index is 12.2. The summed E-state index contributed by atoms with van der Waals surface area (Å²) in [6.07, 6.45) is 24.2. The van der Waals surface area contributed by atoms with Crippen molar-refractivity contribution in [3.05, 3.63) is 119 Å². The number of hydrogen-bond donors (Lipinski definition) is 2. The van der Waals surface area contributed by atoms with Crippen molar-refractivity contribution in [2.45, 2.75) is 146 Å². The number of esters is 4. The van der Waals surface area contributed by atoms with Crippen molar-refractivity contribution >= 4 is 60.1 Å². The standard InChI is InChI=1S/C22H32O6.C21H30O6.C18H26O4.C17H24O4.2Na.2H/c1-5-18(11-8-9-16(2)21(23)24)22(25)28-14-7-6-10-17-12-13-19(26-3)20(15-17)27-4;1-5-17(10-6-8-15(2)20(22)23)21(24)27-13-7-9-16-11-12-18(25-3)19(14-16)26-4;1-6-18(2,3)17(19)22-12-8-7-9-14-10-11-15(20-4)16(13-14)21-5;1-5-13(2)17(18)21-11-7-6-8-14-9-10-15(19-3)16(12-14)20-4;;;;/h6,10,12-13,15-16,18H,5,7-9,11,14H2,1-4H3,(H,23,24);7,9,11-12,14-15,17H,5-6,8,10,13H2,1-4H3,(H,22,23);7,9-11,13H,6,8,12H2,1-5H3;6,8-10,12-13H,5,7,11H2,1-4H3;;;;/q;;;;2*+1;2*-1/b10-6+;2*9-7+;8-6+;;;;. The average molecular weight is 1420 g/mol. The molecule has 22 heteroatoms. The molecule has 0 bridgehead atoms. The van der Waals surface area contributed by atoms with Crippen LogP contribution in [0.15, 0.2) is 97.1 Å². The van der Waals surface area contributed by atoms with Gasteiger partial charge in [0.25, 0.3) is 0 Å². The third-order valence-electron chi connectivity index (χ3n) is 16.1. The molecule has 2 N–H and O–H groups in total. The number of carboxylic acid groups (broad SMARTS) is 2. The van der Waals surface area contributed by atoms with Crippen molar-refractivity contribution in [1.29, 1.82) is 0 Å². The summed E-state index contributed by atoms with van der Waals surface area (Å²) in [6.45, 7) is 18.2. The van der Waals surface area contributed by atoms with E-state index in [4.69, 9.17) is 67.1 Å². The summed E-state index contributed by atoms with van der Waals surface area (Å²) >= 11 is 0. The molecular weight excluding hydrogens is 1300 g/mol. The van der Waals surface area contributed by atoms with Crippen molar-refractivity contribution in [3.8, 4) is 46.0 Å². The number of methoxy groups -OCH3 is 8. The first-order valence-corrected chi connectivity index (χ1v) is 33.6. The van der Waals surface area contributed by atoms with Crippen LogP contribution in [0.25, 0.3) is 24.3 Å². The van der Waals surface area contributed by atoms with Gasteiger partial charge < -0.3 is 69.9 Å². The van der Waals surface area contributed by atoms with Gasteiger partial charge in [-0.1, -0.05) is 128 Å². The molecule has 0 radical (unpaired) electrons. The van der Waals surface area contributed by atoms with Crippen molar-refractivity contribution in [2.75, 3.05) is 83.3 Å². The van der Waals surface area contributed by atoms with E-state index >= 15 is 0 Å². The van der Waals surface area contributed by atoms with Gasteiger partial charge in [0, 0.05) is 0 Å².